The van der Waals surface area contributed by atoms with Gasteiger partial charge in [0.1, 0.15) is 5.75 Å². The molecule has 4 rings (SSSR count). The summed E-state index contributed by atoms with van der Waals surface area (Å²) in [6.07, 6.45) is 2.91. The van der Waals surface area contributed by atoms with E-state index in [9.17, 15) is 5.11 Å². The van der Waals surface area contributed by atoms with Crippen molar-refractivity contribution in [3.05, 3.63) is 58.4 Å². The number of ether oxygens (including phenoxy) is 1. The van der Waals surface area contributed by atoms with Gasteiger partial charge >= 0.3 is 0 Å². The van der Waals surface area contributed by atoms with Crippen molar-refractivity contribution in [2.24, 2.45) is 5.92 Å². The molecule has 1 fully saturated rings. The number of nitrogens with one attached hydrogen (secondary N) is 1. The van der Waals surface area contributed by atoms with Gasteiger partial charge in [-0.15, -0.1) is 10.2 Å². The molecule has 3 aromatic rings. The van der Waals surface area contributed by atoms with E-state index in [0.717, 1.165) is 54.5 Å². The minimum atomic E-state index is 0.243. The fraction of sp³-hybridized carbons (Fsp3) is 0.375. The number of hydrogen-bond donors (Lipinski definition) is 2. The minimum absolute atomic E-state index is 0.243. The quantitative estimate of drug-likeness (QED) is 0.489. The number of hydrogen-bond acceptors (Lipinski definition) is 6. The highest BCUT2D eigenvalue weighted by molar-refractivity contribution is 6.32. The number of aliphatic hydroxyl groups excluding tert-OH is 1. The van der Waals surface area contributed by atoms with Crippen LogP contribution in [0, 0.1) is 12.5 Å². The molecule has 1 saturated heterocycles. The fourth-order valence-electron chi connectivity index (χ4n) is 4.18. The number of aromatic nitrogens is 2. The topological polar surface area (TPSA) is 74.9 Å². The van der Waals surface area contributed by atoms with E-state index in [-0.39, 0.29) is 6.61 Å². The van der Waals surface area contributed by atoms with E-state index < -0.39 is 0 Å². The number of benzene rings is 2. The summed E-state index contributed by atoms with van der Waals surface area (Å²) in [5.74, 6) is 2.67. The second-order valence-electron chi connectivity index (χ2n) is 7.98. The number of aliphatic hydroxyl groups is 1. The normalized spacial score (nSPS) is 14.4. The van der Waals surface area contributed by atoms with E-state index in [1.165, 1.54) is 0 Å². The van der Waals surface area contributed by atoms with Crippen LogP contribution in [0.5, 0.6) is 5.75 Å². The molecule has 0 saturated carbocycles. The summed E-state index contributed by atoms with van der Waals surface area (Å²) in [7, 11) is 1.59. The molecule has 0 amide bonds. The van der Waals surface area contributed by atoms with Crippen LogP contribution in [-0.2, 0) is 6.54 Å². The van der Waals surface area contributed by atoms with Gasteiger partial charge in [-0.3, -0.25) is 0 Å². The summed E-state index contributed by atoms with van der Waals surface area (Å²) < 4.78 is 5.22. The first-order chi connectivity index (χ1) is 15.6. The van der Waals surface area contributed by atoms with Crippen LogP contribution in [0.3, 0.4) is 0 Å². The lowest BCUT2D eigenvalue weighted by molar-refractivity contribution is 0.240. The van der Waals surface area contributed by atoms with Crippen molar-refractivity contribution < 1.29 is 9.84 Å². The van der Waals surface area contributed by atoms with Crippen LogP contribution in [0.4, 0.5) is 17.3 Å². The van der Waals surface area contributed by atoms with Crippen LogP contribution in [-0.4, -0.2) is 42.1 Å². The molecule has 32 heavy (non-hydrogen) atoms. The van der Waals surface area contributed by atoms with Crippen molar-refractivity contribution in [3.8, 4) is 5.75 Å². The van der Waals surface area contributed by atoms with Crippen molar-refractivity contribution in [3.63, 3.8) is 0 Å². The summed E-state index contributed by atoms with van der Waals surface area (Å²) in [5, 5.41) is 24.0. The van der Waals surface area contributed by atoms with Crippen LogP contribution in [0.1, 0.15) is 24.8 Å². The Morgan fingerprint density at radius 3 is 2.69 bits per heavy atom. The van der Waals surface area contributed by atoms with Gasteiger partial charge in [-0.25, -0.2) is 4.85 Å². The van der Waals surface area contributed by atoms with Crippen molar-refractivity contribution in [2.45, 2.75) is 25.8 Å². The Labute approximate surface area is 192 Å². The molecule has 166 valence electrons. The molecule has 2 aromatic carbocycles. The maximum absolute atomic E-state index is 9.22. The highest BCUT2D eigenvalue weighted by Gasteiger charge is 2.22. The zero-order chi connectivity index (χ0) is 22.5. The molecule has 1 aliphatic heterocycles. The lowest BCUT2D eigenvalue weighted by atomic mass is 9.94. The number of piperidine rings is 1. The lowest BCUT2D eigenvalue weighted by Crippen LogP contribution is -2.34. The van der Waals surface area contributed by atoms with Crippen LogP contribution in [0.25, 0.3) is 15.6 Å². The van der Waals surface area contributed by atoms with Crippen molar-refractivity contribution in [1.82, 2.24) is 10.2 Å². The molecule has 2 heterocycles. The molecule has 7 nitrogen and oxygen atoms in total. The first-order valence-electron chi connectivity index (χ1n) is 10.7. The number of anilines is 2. The van der Waals surface area contributed by atoms with Gasteiger partial charge in [0, 0.05) is 37.0 Å². The van der Waals surface area contributed by atoms with Crippen molar-refractivity contribution >= 4 is 39.7 Å². The molecule has 0 aliphatic carbocycles. The predicted octanol–water partition coefficient (Wildman–Crippen LogP) is 5.05. The monoisotopic (exact) mass is 451 g/mol. The molecule has 8 heteroatoms. The molecule has 1 aromatic heterocycles. The summed E-state index contributed by atoms with van der Waals surface area (Å²) >= 11 is 6.25. The van der Waals surface area contributed by atoms with Crippen LogP contribution in [0.15, 0.2) is 36.4 Å². The summed E-state index contributed by atoms with van der Waals surface area (Å²) in [5.41, 5.74) is 1.55. The van der Waals surface area contributed by atoms with E-state index in [0.29, 0.717) is 34.7 Å². The Hall–Kier alpha value is -3.08. The third-order valence-electron chi connectivity index (χ3n) is 6.00. The van der Waals surface area contributed by atoms with Gasteiger partial charge in [-0.05, 0) is 48.9 Å². The van der Waals surface area contributed by atoms with Crippen molar-refractivity contribution in [1.29, 1.82) is 0 Å². The first-order valence-corrected chi connectivity index (χ1v) is 11.1. The second kappa shape index (κ2) is 10.0. The third-order valence-corrected chi connectivity index (χ3v) is 6.30. The summed E-state index contributed by atoms with van der Waals surface area (Å²) in [6.45, 7) is 9.94. The highest BCUT2D eigenvalue weighted by Crippen LogP contribution is 2.34. The summed E-state index contributed by atoms with van der Waals surface area (Å²) in [4.78, 5) is 5.85. The standard InChI is InChI=1S/C24H26ClN5O2/c1-26-18-4-5-19-20(14-18)23(27-15-17-3-6-22(32-2)21(25)13-17)28-29-24(19)30-10-7-16(8-11-30)9-12-31/h3-6,13-14,16,31H,7-12,15H2,2H3,(H,27,28). The highest BCUT2D eigenvalue weighted by atomic mass is 35.5. The number of rotatable bonds is 7. The zero-order valence-electron chi connectivity index (χ0n) is 18.0. The second-order valence-corrected chi connectivity index (χ2v) is 8.39. The Morgan fingerprint density at radius 1 is 1.19 bits per heavy atom. The van der Waals surface area contributed by atoms with Gasteiger partial charge in [-0.1, -0.05) is 29.8 Å². The van der Waals surface area contributed by atoms with E-state index in [1.54, 1.807) is 7.11 Å². The van der Waals surface area contributed by atoms with Crippen LogP contribution >= 0.6 is 11.6 Å². The number of fused-ring (bicyclic) bond motifs is 1. The van der Waals surface area contributed by atoms with E-state index in [4.69, 9.17) is 22.9 Å². The molecule has 0 atom stereocenters. The molecule has 0 unspecified atom stereocenters. The maximum atomic E-state index is 9.22. The average molecular weight is 452 g/mol. The number of halogens is 1. The fourth-order valence-corrected chi connectivity index (χ4v) is 4.46. The summed E-state index contributed by atoms with van der Waals surface area (Å²) in [6, 6.07) is 11.3. The van der Waals surface area contributed by atoms with Crippen LogP contribution < -0.4 is 15.0 Å². The molecule has 0 spiro atoms. The van der Waals surface area contributed by atoms with E-state index in [2.05, 4.69) is 25.3 Å². The first kappa shape index (κ1) is 22.1. The Bertz CT molecular complexity index is 1140. The third kappa shape index (κ3) is 4.72. The van der Waals surface area contributed by atoms with E-state index >= 15 is 0 Å². The zero-order valence-corrected chi connectivity index (χ0v) is 18.8. The van der Waals surface area contributed by atoms with Gasteiger partial charge in [0.15, 0.2) is 17.3 Å². The Balaban J connectivity index is 1.60. The van der Waals surface area contributed by atoms with Gasteiger partial charge < -0.3 is 20.1 Å². The van der Waals surface area contributed by atoms with Crippen molar-refractivity contribution in [2.75, 3.05) is 37.0 Å². The SMILES string of the molecule is [C-]#[N+]c1ccc2c(N3CCC(CCO)CC3)nnc(NCc3ccc(OC)c(Cl)c3)c2c1. The average Bonchev–Trinajstić information content (AvgIpc) is 2.83. The van der Waals surface area contributed by atoms with E-state index in [1.807, 2.05) is 36.4 Å². The number of nitrogens with zero attached hydrogens (tertiary/aromatic N) is 4. The smallest absolute Gasteiger partial charge is 0.188 e. The molecule has 0 bridgehead atoms. The molecule has 0 radical (unpaired) electrons. The lowest BCUT2D eigenvalue weighted by Gasteiger charge is -2.33. The predicted molar refractivity (Wildman–Crippen MR) is 128 cm³/mol. The largest absolute Gasteiger partial charge is 0.495 e. The van der Waals surface area contributed by atoms with Crippen LogP contribution in [0.2, 0.25) is 5.02 Å². The molecule has 1 aliphatic rings. The molecule has 2 N–H and O–H groups in total. The van der Waals surface area contributed by atoms with Gasteiger partial charge in [0.2, 0.25) is 0 Å². The Kier molecular flexibility index (Phi) is 6.93. The maximum Gasteiger partial charge on any atom is 0.188 e. The number of methoxy groups -OCH3 is 1. The van der Waals surface area contributed by atoms with Gasteiger partial charge in [0.05, 0.1) is 18.7 Å². The minimum Gasteiger partial charge on any atom is -0.495 e. The van der Waals surface area contributed by atoms with Gasteiger partial charge in [0.25, 0.3) is 0 Å². The Morgan fingerprint density at radius 2 is 2.00 bits per heavy atom. The van der Waals surface area contributed by atoms with Gasteiger partial charge in [-0.2, -0.15) is 0 Å². The molecular weight excluding hydrogens is 426 g/mol. The molecular formula is C24H26ClN5O2.